The van der Waals surface area contributed by atoms with Gasteiger partial charge in [0, 0.05) is 47.2 Å². The summed E-state index contributed by atoms with van der Waals surface area (Å²) in [5, 5.41) is 10.3. The Morgan fingerprint density at radius 2 is 1.78 bits per heavy atom. The average molecular weight is 668 g/mol. The first-order valence-electron chi connectivity index (χ1n) is 16.8. The van der Waals surface area contributed by atoms with E-state index in [1.54, 1.807) is 21.9 Å². The Bertz CT molecular complexity index is 1480. The van der Waals surface area contributed by atoms with E-state index in [9.17, 15) is 24.3 Å². The number of fused-ring (bicyclic) bond motifs is 2. The highest BCUT2D eigenvalue weighted by atomic mass is 35.5. The van der Waals surface area contributed by atoms with Crippen LogP contribution in [0.2, 0.25) is 23.7 Å². The molecule has 0 bridgehead atoms. The van der Waals surface area contributed by atoms with Gasteiger partial charge < -0.3 is 29.3 Å². The fourth-order valence-electron chi connectivity index (χ4n) is 8.45. The number of carbonyl (C=O) groups is 3. The Hall–Kier alpha value is -2.76. The molecule has 4 aliphatic heterocycles. The molecule has 2 N–H and O–H groups in total. The second-order valence-corrected chi connectivity index (χ2v) is 18.5. The SMILES string of the molecule is C[C@@H]1[C@@H]([Si](C)(C)O)[C@H](CC(=O)N2CCC[C@H]2CO)O[C@@]12C(=O)N(Cc1ccc(N3CCCCCCC3=O)cc1)c1ccc(Cl)cc12. The molecular weight excluding hydrogens is 622 g/mol. The van der Waals surface area contributed by atoms with E-state index in [4.69, 9.17) is 16.3 Å². The summed E-state index contributed by atoms with van der Waals surface area (Å²) in [4.78, 5) is 58.0. The second-order valence-electron chi connectivity index (χ2n) is 14.1. The zero-order chi connectivity index (χ0) is 32.8. The van der Waals surface area contributed by atoms with Gasteiger partial charge in [0.25, 0.3) is 5.91 Å². The molecule has 2 aromatic rings. The molecule has 0 aliphatic carbocycles. The van der Waals surface area contributed by atoms with Crippen molar-refractivity contribution in [1.82, 2.24) is 4.90 Å². The lowest BCUT2D eigenvalue weighted by molar-refractivity contribution is -0.150. The predicted molar refractivity (Wildman–Crippen MR) is 180 cm³/mol. The Morgan fingerprint density at radius 1 is 1.04 bits per heavy atom. The number of hydrogen-bond donors (Lipinski definition) is 2. The maximum absolute atomic E-state index is 14.7. The van der Waals surface area contributed by atoms with Gasteiger partial charge in [-0.05, 0) is 74.7 Å². The van der Waals surface area contributed by atoms with Gasteiger partial charge in [-0.2, -0.15) is 0 Å². The van der Waals surface area contributed by atoms with E-state index in [0.717, 1.165) is 49.8 Å². The fourth-order valence-corrected chi connectivity index (χ4v) is 11.2. The Balaban J connectivity index is 1.30. The summed E-state index contributed by atoms with van der Waals surface area (Å²) >= 11 is 6.54. The quantitative estimate of drug-likeness (QED) is 0.385. The summed E-state index contributed by atoms with van der Waals surface area (Å²) in [6, 6.07) is 13.0. The number of ether oxygens (including phenoxy) is 1. The number of rotatable bonds is 7. The van der Waals surface area contributed by atoms with E-state index < -0.39 is 31.5 Å². The molecule has 3 fully saturated rings. The van der Waals surface area contributed by atoms with Gasteiger partial charge in [0.1, 0.15) is 0 Å². The number of benzene rings is 2. The van der Waals surface area contributed by atoms with Crippen LogP contribution in [0.5, 0.6) is 0 Å². The van der Waals surface area contributed by atoms with Crippen molar-refractivity contribution in [3.8, 4) is 0 Å². The van der Waals surface area contributed by atoms with E-state index in [0.29, 0.717) is 42.3 Å². The van der Waals surface area contributed by atoms with Crippen LogP contribution in [0.1, 0.15) is 69.4 Å². The van der Waals surface area contributed by atoms with Crippen molar-refractivity contribution in [3.05, 3.63) is 58.6 Å². The number of hydrogen-bond acceptors (Lipinski definition) is 6. The van der Waals surface area contributed by atoms with Gasteiger partial charge in [-0.1, -0.05) is 43.5 Å². The van der Waals surface area contributed by atoms with Crippen LogP contribution in [0.15, 0.2) is 42.5 Å². The van der Waals surface area contributed by atoms with Crippen LogP contribution >= 0.6 is 11.6 Å². The number of anilines is 2. The molecule has 5 atom stereocenters. The average Bonchev–Trinajstić information content (AvgIpc) is 3.66. The zero-order valence-corrected chi connectivity index (χ0v) is 28.8. The lowest BCUT2D eigenvalue weighted by atomic mass is 9.82. The minimum Gasteiger partial charge on any atom is -0.432 e. The van der Waals surface area contributed by atoms with E-state index in [1.807, 2.05) is 55.2 Å². The van der Waals surface area contributed by atoms with Crippen molar-refractivity contribution in [2.45, 2.75) is 101 Å². The third kappa shape index (κ3) is 5.92. The fraction of sp³-hybridized carbons (Fsp3) is 0.571. The molecular formula is C35H46ClN3O6Si. The number of amides is 3. The van der Waals surface area contributed by atoms with E-state index >= 15 is 0 Å². The number of aliphatic hydroxyl groups excluding tert-OH is 1. The molecule has 46 heavy (non-hydrogen) atoms. The highest BCUT2D eigenvalue weighted by Gasteiger charge is 2.66. The lowest BCUT2D eigenvalue weighted by Crippen LogP contribution is -2.46. The standard InChI is InChI=1S/C35H46ClN3O6Si/c1-23-33(46(2,3)44)30(20-32(42)38-18-8-9-27(38)22-40)45-35(23)28-19-25(36)13-16-29(28)39(34(35)43)21-24-11-14-26(15-12-24)37-17-7-5-4-6-10-31(37)41/h11-16,19,23,27,30,33,40,44H,4-10,17-18,20-22H2,1-3H3/t23-,27+,30+,33-,35+/m1/s1. The van der Waals surface area contributed by atoms with Gasteiger partial charge in [-0.25, -0.2) is 0 Å². The molecule has 0 aromatic heterocycles. The zero-order valence-electron chi connectivity index (χ0n) is 27.1. The number of likely N-dealkylation sites (tertiary alicyclic amines) is 1. The second kappa shape index (κ2) is 13.0. The summed E-state index contributed by atoms with van der Waals surface area (Å²) in [5.74, 6) is -0.620. The third-order valence-corrected chi connectivity index (χ3v) is 13.4. The summed E-state index contributed by atoms with van der Waals surface area (Å²) in [5.41, 5.74) is 1.34. The van der Waals surface area contributed by atoms with Crippen LogP contribution in [-0.2, 0) is 31.3 Å². The van der Waals surface area contributed by atoms with Gasteiger partial charge in [-0.3, -0.25) is 14.4 Å². The van der Waals surface area contributed by atoms with Gasteiger partial charge in [0.15, 0.2) is 13.9 Å². The molecule has 1 spiro atoms. The van der Waals surface area contributed by atoms with Gasteiger partial charge in [0.2, 0.25) is 11.8 Å². The summed E-state index contributed by atoms with van der Waals surface area (Å²) in [6.07, 6.45) is 5.64. The normalized spacial score (nSPS) is 28.6. The maximum atomic E-state index is 14.7. The first kappa shape index (κ1) is 33.1. The van der Waals surface area contributed by atoms with E-state index in [-0.39, 0.29) is 36.8 Å². The molecule has 248 valence electrons. The lowest BCUT2D eigenvalue weighted by Gasteiger charge is -2.33. The van der Waals surface area contributed by atoms with Crippen LogP contribution in [0.4, 0.5) is 11.4 Å². The van der Waals surface area contributed by atoms with E-state index in [2.05, 4.69) is 0 Å². The summed E-state index contributed by atoms with van der Waals surface area (Å²) in [7, 11) is -2.95. The molecule has 6 rings (SSSR count). The minimum absolute atomic E-state index is 0.0319. The van der Waals surface area contributed by atoms with Crippen molar-refractivity contribution in [2.75, 3.05) is 29.5 Å². The van der Waals surface area contributed by atoms with Gasteiger partial charge >= 0.3 is 0 Å². The first-order valence-corrected chi connectivity index (χ1v) is 20.2. The molecule has 0 saturated carbocycles. The summed E-state index contributed by atoms with van der Waals surface area (Å²) in [6.45, 7) is 7.13. The number of aliphatic hydroxyl groups is 1. The van der Waals surface area contributed by atoms with Crippen LogP contribution in [-0.4, -0.2) is 72.7 Å². The van der Waals surface area contributed by atoms with Crippen molar-refractivity contribution in [3.63, 3.8) is 0 Å². The largest absolute Gasteiger partial charge is 0.432 e. The van der Waals surface area contributed by atoms with E-state index in [1.165, 1.54) is 0 Å². The molecule has 11 heteroatoms. The predicted octanol–water partition coefficient (Wildman–Crippen LogP) is 5.36. The topological polar surface area (TPSA) is 111 Å². The van der Waals surface area contributed by atoms with Crippen LogP contribution in [0, 0.1) is 5.92 Å². The molecule has 3 amide bonds. The molecule has 4 heterocycles. The Morgan fingerprint density at radius 3 is 2.50 bits per heavy atom. The van der Waals surface area contributed by atoms with Crippen LogP contribution in [0.3, 0.4) is 0 Å². The molecule has 9 nitrogen and oxygen atoms in total. The Labute approximate surface area is 277 Å². The summed E-state index contributed by atoms with van der Waals surface area (Å²) < 4.78 is 6.83. The monoisotopic (exact) mass is 667 g/mol. The smallest absolute Gasteiger partial charge is 0.264 e. The highest BCUT2D eigenvalue weighted by Crippen LogP contribution is 2.60. The van der Waals surface area contributed by atoms with Crippen molar-refractivity contribution in [2.24, 2.45) is 5.92 Å². The van der Waals surface area contributed by atoms with Gasteiger partial charge in [-0.15, -0.1) is 0 Å². The number of halogens is 1. The highest BCUT2D eigenvalue weighted by molar-refractivity contribution is 6.71. The molecule has 0 unspecified atom stereocenters. The molecule has 2 aromatic carbocycles. The van der Waals surface area contributed by atoms with Crippen LogP contribution < -0.4 is 9.80 Å². The number of nitrogens with zero attached hydrogens (tertiary/aromatic N) is 3. The molecule has 4 aliphatic rings. The maximum Gasteiger partial charge on any atom is 0.264 e. The first-order chi connectivity index (χ1) is 22.0. The molecule has 3 saturated heterocycles. The minimum atomic E-state index is -2.95. The van der Waals surface area contributed by atoms with Crippen molar-refractivity contribution in [1.29, 1.82) is 0 Å². The van der Waals surface area contributed by atoms with Gasteiger partial charge in [0.05, 0.1) is 37.4 Å². The molecule has 0 radical (unpaired) electrons. The number of carbonyl (C=O) groups excluding carboxylic acids is 3. The third-order valence-electron chi connectivity index (χ3n) is 10.6. The van der Waals surface area contributed by atoms with Crippen LogP contribution in [0.25, 0.3) is 0 Å². The Kier molecular flexibility index (Phi) is 9.39. The van der Waals surface area contributed by atoms with Crippen molar-refractivity contribution < 1.29 is 29.0 Å². The van der Waals surface area contributed by atoms with Crippen molar-refractivity contribution >= 4 is 49.0 Å².